The summed E-state index contributed by atoms with van der Waals surface area (Å²) in [6.07, 6.45) is 7.03. The molecular weight excluding hydrogens is 324 g/mol. The molecule has 0 saturated carbocycles. The van der Waals surface area contributed by atoms with Crippen LogP contribution in [0.25, 0.3) is 0 Å². The van der Waals surface area contributed by atoms with Crippen LogP contribution in [0.5, 0.6) is 0 Å². The summed E-state index contributed by atoms with van der Waals surface area (Å²) in [5, 5.41) is 3.69. The molecule has 2 rings (SSSR count). The van der Waals surface area contributed by atoms with Crippen molar-refractivity contribution in [2.45, 2.75) is 39.2 Å². The summed E-state index contributed by atoms with van der Waals surface area (Å²) in [5.74, 6) is 0. The van der Waals surface area contributed by atoms with Crippen LogP contribution in [0.1, 0.15) is 43.0 Å². The van der Waals surface area contributed by atoms with Crippen molar-refractivity contribution in [3.8, 4) is 0 Å². The average molecular weight is 347 g/mol. The molecule has 0 radical (unpaired) electrons. The van der Waals surface area contributed by atoms with E-state index < -0.39 is 0 Å². The van der Waals surface area contributed by atoms with Crippen molar-refractivity contribution in [1.82, 2.24) is 10.3 Å². The van der Waals surface area contributed by atoms with E-state index in [-0.39, 0.29) is 0 Å². The highest BCUT2D eigenvalue weighted by atomic mass is 79.9. The number of nitrogens with one attached hydrogen (secondary N) is 1. The molecule has 1 atom stereocenters. The summed E-state index contributed by atoms with van der Waals surface area (Å²) in [7, 11) is 0. The molecule has 0 saturated heterocycles. The minimum atomic E-state index is 0.335. The van der Waals surface area contributed by atoms with E-state index in [1.165, 1.54) is 21.2 Å². The van der Waals surface area contributed by atoms with E-state index in [0.717, 1.165) is 25.8 Å². The Kier molecular flexibility index (Phi) is 6.40. The lowest BCUT2D eigenvalue weighted by Gasteiger charge is -2.22. The molecule has 0 amide bonds. The first-order valence-electron chi connectivity index (χ1n) is 7.65. The largest absolute Gasteiger partial charge is 0.310 e. The molecule has 1 aromatic heterocycles. The molecule has 0 fully saturated rings. The second-order valence-corrected chi connectivity index (χ2v) is 6.08. The molecule has 1 heterocycles. The van der Waals surface area contributed by atoms with Crippen LogP contribution in [-0.2, 0) is 12.8 Å². The van der Waals surface area contributed by atoms with Gasteiger partial charge in [-0.15, -0.1) is 0 Å². The molecule has 3 heteroatoms. The van der Waals surface area contributed by atoms with E-state index in [1.54, 1.807) is 0 Å². The molecule has 0 aliphatic heterocycles. The Morgan fingerprint density at radius 3 is 2.67 bits per heavy atom. The maximum Gasteiger partial charge on any atom is 0.0365 e. The Morgan fingerprint density at radius 2 is 1.95 bits per heavy atom. The summed E-state index contributed by atoms with van der Waals surface area (Å²) in [6.45, 7) is 5.42. The fourth-order valence-electron chi connectivity index (χ4n) is 2.57. The molecule has 112 valence electrons. The first kappa shape index (κ1) is 16.2. The maximum absolute atomic E-state index is 4.27. The highest BCUT2D eigenvalue weighted by molar-refractivity contribution is 9.10. The van der Waals surface area contributed by atoms with Crippen molar-refractivity contribution in [3.05, 3.63) is 63.9 Å². The molecule has 2 nitrogen and oxygen atoms in total. The van der Waals surface area contributed by atoms with Crippen LogP contribution in [0.2, 0.25) is 0 Å². The molecule has 0 spiro atoms. The summed E-state index contributed by atoms with van der Waals surface area (Å²) in [5.41, 5.74) is 4.04. The summed E-state index contributed by atoms with van der Waals surface area (Å²) in [6, 6.07) is 11.0. The van der Waals surface area contributed by atoms with E-state index in [4.69, 9.17) is 0 Å². The number of hydrogen-bond acceptors (Lipinski definition) is 2. The van der Waals surface area contributed by atoms with Gasteiger partial charge in [-0.1, -0.05) is 48.0 Å². The lowest BCUT2D eigenvalue weighted by molar-refractivity contribution is 0.524. The number of halogens is 1. The molecule has 0 bridgehead atoms. The van der Waals surface area contributed by atoms with Gasteiger partial charge in [0.05, 0.1) is 0 Å². The third-order valence-electron chi connectivity index (χ3n) is 3.72. The monoisotopic (exact) mass is 346 g/mol. The molecule has 1 aromatic carbocycles. The number of nitrogens with zero attached hydrogens (tertiary/aromatic N) is 1. The van der Waals surface area contributed by atoms with Crippen LogP contribution >= 0.6 is 15.9 Å². The van der Waals surface area contributed by atoms with Gasteiger partial charge in [0, 0.05) is 22.9 Å². The number of pyridine rings is 1. The van der Waals surface area contributed by atoms with Gasteiger partial charge in [-0.3, -0.25) is 4.98 Å². The van der Waals surface area contributed by atoms with E-state index in [2.05, 4.69) is 70.4 Å². The molecule has 2 aromatic rings. The van der Waals surface area contributed by atoms with Gasteiger partial charge in [-0.05, 0) is 54.6 Å². The fraction of sp³-hybridized carbons (Fsp3) is 0.389. The molecule has 21 heavy (non-hydrogen) atoms. The van der Waals surface area contributed by atoms with Gasteiger partial charge in [-0.2, -0.15) is 0 Å². The van der Waals surface area contributed by atoms with E-state index in [9.17, 15) is 0 Å². The second kappa shape index (κ2) is 8.30. The highest BCUT2D eigenvalue weighted by Gasteiger charge is 2.15. The number of aryl methyl sites for hydroxylation is 1. The first-order valence-corrected chi connectivity index (χ1v) is 8.45. The van der Waals surface area contributed by atoms with Crippen LogP contribution in [0, 0.1) is 0 Å². The van der Waals surface area contributed by atoms with E-state index in [1.807, 2.05) is 12.4 Å². The third kappa shape index (κ3) is 4.39. The normalized spacial score (nSPS) is 12.3. The minimum Gasteiger partial charge on any atom is -0.310 e. The van der Waals surface area contributed by atoms with Gasteiger partial charge >= 0.3 is 0 Å². The number of hydrogen-bond donors (Lipinski definition) is 1. The Labute approximate surface area is 136 Å². The van der Waals surface area contributed by atoms with Crippen molar-refractivity contribution >= 4 is 15.9 Å². The zero-order valence-electron chi connectivity index (χ0n) is 12.8. The van der Waals surface area contributed by atoms with Crippen molar-refractivity contribution < 1.29 is 0 Å². The van der Waals surface area contributed by atoms with Gasteiger partial charge in [0.15, 0.2) is 0 Å². The van der Waals surface area contributed by atoms with E-state index >= 15 is 0 Å². The van der Waals surface area contributed by atoms with Crippen LogP contribution in [0.15, 0.2) is 47.2 Å². The van der Waals surface area contributed by atoms with Crippen molar-refractivity contribution in [3.63, 3.8) is 0 Å². The Bertz CT molecular complexity index is 569. The Balaban J connectivity index is 2.28. The maximum atomic E-state index is 4.27. The number of rotatable bonds is 7. The zero-order valence-corrected chi connectivity index (χ0v) is 14.4. The Morgan fingerprint density at radius 1 is 1.14 bits per heavy atom. The van der Waals surface area contributed by atoms with E-state index in [0.29, 0.717) is 6.04 Å². The molecule has 0 aliphatic rings. The van der Waals surface area contributed by atoms with Crippen molar-refractivity contribution in [2.75, 3.05) is 6.54 Å². The zero-order chi connectivity index (χ0) is 15.1. The highest BCUT2D eigenvalue weighted by Crippen LogP contribution is 2.25. The van der Waals surface area contributed by atoms with Gasteiger partial charge in [0.1, 0.15) is 0 Å². The summed E-state index contributed by atoms with van der Waals surface area (Å²) >= 11 is 3.66. The lowest BCUT2D eigenvalue weighted by atomic mass is 9.95. The summed E-state index contributed by atoms with van der Waals surface area (Å²) in [4.78, 5) is 4.27. The van der Waals surface area contributed by atoms with Gasteiger partial charge in [0.2, 0.25) is 0 Å². The van der Waals surface area contributed by atoms with Gasteiger partial charge < -0.3 is 5.32 Å². The smallest absolute Gasteiger partial charge is 0.0365 e. The van der Waals surface area contributed by atoms with Gasteiger partial charge in [0.25, 0.3) is 0 Å². The van der Waals surface area contributed by atoms with Crippen molar-refractivity contribution in [2.24, 2.45) is 0 Å². The van der Waals surface area contributed by atoms with Crippen LogP contribution in [0.4, 0.5) is 0 Å². The first-order chi connectivity index (χ1) is 10.3. The average Bonchev–Trinajstić information content (AvgIpc) is 2.53. The van der Waals surface area contributed by atoms with Crippen molar-refractivity contribution in [1.29, 1.82) is 0 Å². The Hall–Kier alpha value is -1.19. The topological polar surface area (TPSA) is 24.9 Å². The molecular formula is C18H23BrN2. The number of benzene rings is 1. The number of aromatic nitrogens is 1. The lowest BCUT2D eigenvalue weighted by Crippen LogP contribution is -2.25. The second-order valence-electron chi connectivity index (χ2n) is 5.23. The van der Waals surface area contributed by atoms with Crippen LogP contribution in [-0.4, -0.2) is 11.5 Å². The SMILES string of the molecule is CCCNC(Cc1ccccc1Br)c1ccncc1CC. The minimum absolute atomic E-state index is 0.335. The predicted octanol–water partition coefficient (Wildman–Crippen LogP) is 4.69. The van der Waals surface area contributed by atoms with Gasteiger partial charge in [-0.25, -0.2) is 0 Å². The van der Waals surface area contributed by atoms with Crippen LogP contribution < -0.4 is 5.32 Å². The third-order valence-corrected chi connectivity index (χ3v) is 4.49. The van der Waals surface area contributed by atoms with Crippen LogP contribution in [0.3, 0.4) is 0 Å². The molecule has 1 unspecified atom stereocenters. The standard InChI is InChI=1S/C18H23BrN2/c1-3-10-21-18(12-15-7-5-6-8-17(15)19)16-9-11-20-13-14(16)4-2/h5-9,11,13,18,21H,3-4,10,12H2,1-2H3. The predicted molar refractivity (Wildman–Crippen MR) is 92.5 cm³/mol. The molecule has 0 aliphatic carbocycles. The molecule has 1 N–H and O–H groups in total. The fourth-order valence-corrected chi connectivity index (χ4v) is 3.01. The quantitative estimate of drug-likeness (QED) is 0.786. The summed E-state index contributed by atoms with van der Waals surface area (Å²) < 4.78 is 1.18.